The van der Waals surface area contributed by atoms with Crippen molar-refractivity contribution in [1.82, 2.24) is 25.2 Å². The van der Waals surface area contributed by atoms with Crippen molar-refractivity contribution in [2.45, 2.75) is 32.4 Å². The molecular formula is C19H17F2N7O. The lowest BCUT2D eigenvalue weighted by Gasteiger charge is -2.34. The molecule has 1 aliphatic rings. The Bertz CT molecular complexity index is 1150. The van der Waals surface area contributed by atoms with E-state index in [9.17, 15) is 13.6 Å². The molecule has 0 spiro atoms. The van der Waals surface area contributed by atoms with Crippen molar-refractivity contribution >= 4 is 11.4 Å². The lowest BCUT2D eigenvalue weighted by Crippen LogP contribution is -2.35. The van der Waals surface area contributed by atoms with Gasteiger partial charge in [-0.1, -0.05) is 29.5 Å². The number of rotatable bonds is 4. The van der Waals surface area contributed by atoms with Crippen molar-refractivity contribution in [2.75, 3.05) is 11.4 Å². The van der Waals surface area contributed by atoms with E-state index in [1.165, 1.54) is 12.3 Å². The number of aromatic amines is 1. The minimum atomic E-state index is -2.56. The van der Waals surface area contributed by atoms with Crippen LogP contribution in [0.25, 0.3) is 4.85 Å². The normalized spacial score (nSPS) is 16.0. The summed E-state index contributed by atoms with van der Waals surface area (Å²) in [6, 6.07) is 6.15. The third-order valence-corrected chi connectivity index (χ3v) is 5.16. The zero-order valence-electron chi connectivity index (χ0n) is 15.5. The van der Waals surface area contributed by atoms with Gasteiger partial charge in [0.25, 0.3) is 17.7 Å². The molecule has 0 saturated carbocycles. The first kappa shape index (κ1) is 18.7. The van der Waals surface area contributed by atoms with Gasteiger partial charge in [0.2, 0.25) is 0 Å². The molecule has 0 radical (unpaired) electrons. The summed E-state index contributed by atoms with van der Waals surface area (Å²) in [5.74, 6) is 0. The van der Waals surface area contributed by atoms with E-state index in [4.69, 9.17) is 6.57 Å². The Labute approximate surface area is 164 Å². The van der Waals surface area contributed by atoms with Crippen LogP contribution in [0.5, 0.6) is 0 Å². The fourth-order valence-electron chi connectivity index (χ4n) is 3.70. The molecule has 0 aliphatic carbocycles. The van der Waals surface area contributed by atoms with Crippen LogP contribution in [0.3, 0.4) is 0 Å². The van der Waals surface area contributed by atoms with Crippen LogP contribution in [0.15, 0.2) is 35.3 Å². The highest BCUT2D eigenvalue weighted by molar-refractivity contribution is 5.69. The Balaban J connectivity index is 1.66. The molecule has 29 heavy (non-hydrogen) atoms. The molecule has 1 atom stereocenters. The van der Waals surface area contributed by atoms with Crippen molar-refractivity contribution in [3.8, 4) is 0 Å². The Morgan fingerprint density at radius 2 is 2.17 bits per heavy atom. The SMILES string of the molecule is [C-]#[N+]c1c(N2CCc3c(nnn3Cc3ccccc3C(F)F)[C@@H]2C)cn[nH]c1=O. The van der Waals surface area contributed by atoms with Gasteiger partial charge in [0.05, 0.1) is 36.7 Å². The molecule has 0 amide bonds. The second-order valence-corrected chi connectivity index (χ2v) is 6.74. The Hall–Kier alpha value is -3.61. The summed E-state index contributed by atoms with van der Waals surface area (Å²) >= 11 is 0. The predicted octanol–water partition coefficient (Wildman–Crippen LogP) is 3.02. The molecule has 0 saturated heterocycles. The molecule has 10 heteroatoms. The van der Waals surface area contributed by atoms with E-state index in [0.29, 0.717) is 29.9 Å². The maximum atomic E-state index is 13.3. The first-order valence-corrected chi connectivity index (χ1v) is 9.01. The fraction of sp³-hybridized carbons (Fsp3) is 0.316. The molecule has 1 N–H and O–H groups in total. The van der Waals surface area contributed by atoms with Crippen LogP contribution in [0, 0.1) is 6.57 Å². The third kappa shape index (κ3) is 3.24. The number of hydrogen-bond acceptors (Lipinski definition) is 5. The lowest BCUT2D eigenvalue weighted by atomic mass is 10.0. The highest BCUT2D eigenvalue weighted by Crippen LogP contribution is 2.35. The largest absolute Gasteiger partial charge is 0.370 e. The van der Waals surface area contributed by atoms with Crippen LogP contribution in [0.1, 0.15) is 41.9 Å². The second kappa shape index (κ2) is 7.43. The zero-order valence-corrected chi connectivity index (χ0v) is 15.5. The van der Waals surface area contributed by atoms with Crippen molar-refractivity contribution in [3.05, 3.63) is 74.7 Å². The van der Waals surface area contributed by atoms with Crippen LogP contribution >= 0.6 is 0 Å². The number of hydrogen-bond donors (Lipinski definition) is 1. The zero-order chi connectivity index (χ0) is 20.5. The summed E-state index contributed by atoms with van der Waals surface area (Å²) < 4.78 is 28.2. The van der Waals surface area contributed by atoms with Gasteiger partial charge in [-0.2, -0.15) is 5.10 Å². The van der Waals surface area contributed by atoms with E-state index >= 15 is 0 Å². The van der Waals surface area contributed by atoms with Gasteiger partial charge >= 0.3 is 0 Å². The number of nitrogens with one attached hydrogen (secondary N) is 1. The molecule has 0 unspecified atom stereocenters. The molecule has 8 nitrogen and oxygen atoms in total. The minimum absolute atomic E-state index is 0.0153. The van der Waals surface area contributed by atoms with E-state index in [2.05, 4.69) is 25.4 Å². The molecule has 4 rings (SSSR count). The van der Waals surface area contributed by atoms with Crippen molar-refractivity contribution in [1.29, 1.82) is 0 Å². The smallest absolute Gasteiger partial charge is 0.275 e. The van der Waals surface area contributed by atoms with E-state index < -0.39 is 12.0 Å². The van der Waals surface area contributed by atoms with Gasteiger partial charge in [0.15, 0.2) is 0 Å². The topological polar surface area (TPSA) is 84.1 Å². The lowest BCUT2D eigenvalue weighted by molar-refractivity contribution is 0.150. The molecule has 148 valence electrons. The standard InChI is InChI=1S/C19H17F2N7O/c1-11-16-14(7-8-27(11)15-9-23-25-19(29)17(15)22-2)28(26-24-16)10-12-5-3-4-6-13(12)18(20)21/h3-6,9,11,18H,7-8,10H2,1H3,(H,25,29)/t11-/m0/s1. The van der Waals surface area contributed by atoms with E-state index in [-0.39, 0.29) is 23.8 Å². The van der Waals surface area contributed by atoms with Gasteiger partial charge in [0, 0.05) is 18.5 Å². The van der Waals surface area contributed by atoms with Gasteiger partial charge < -0.3 is 4.90 Å². The average molecular weight is 397 g/mol. The van der Waals surface area contributed by atoms with Crippen molar-refractivity contribution in [3.63, 3.8) is 0 Å². The van der Waals surface area contributed by atoms with Gasteiger partial charge in [-0.15, -0.1) is 5.10 Å². The van der Waals surface area contributed by atoms with Crippen LogP contribution in [-0.4, -0.2) is 31.7 Å². The highest BCUT2D eigenvalue weighted by Gasteiger charge is 2.31. The quantitative estimate of drug-likeness (QED) is 0.684. The van der Waals surface area contributed by atoms with E-state index in [1.54, 1.807) is 22.9 Å². The molecule has 0 fully saturated rings. The number of fused-ring (bicyclic) bond motifs is 1. The number of benzene rings is 1. The van der Waals surface area contributed by atoms with Gasteiger partial charge in [0.1, 0.15) is 5.69 Å². The summed E-state index contributed by atoms with van der Waals surface area (Å²) in [6.45, 7) is 9.92. The van der Waals surface area contributed by atoms with Crippen molar-refractivity contribution in [2.24, 2.45) is 0 Å². The van der Waals surface area contributed by atoms with Gasteiger partial charge in [-0.3, -0.25) is 9.89 Å². The summed E-state index contributed by atoms with van der Waals surface area (Å²) in [7, 11) is 0. The summed E-state index contributed by atoms with van der Waals surface area (Å²) in [5.41, 5.74) is 1.93. The first-order chi connectivity index (χ1) is 14.0. The molecule has 3 heterocycles. The number of nitrogens with zero attached hydrogens (tertiary/aromatic N) is 6. The minimum Gasteiger partial charge on any atom is -0.370 e. The maximum absolute atomic E-state index is 13.3. The van der Waals surface area contributed by atoms with Crippen molar-refractivity contribution < 1.29 is 8.78 Å². The van der Waals surface area contributed by atoms with Crippen LogP contribution in [-0.2, 0) is 13.0 Å². The molecule has 3 aromatic rings. The van der Waals surface area contributed by atoms with Gasteiger partial charge in [-0.25, -0.2) is 18.3 Å². The third-order valence-electron chi connectivity index (χ3n) is 5.16. The first-order valence-electron chi connectivity index (χ1n) is 9.01. The number of anilines is 1. The summed E-state index contributed by atoms with van der Waals surface area (Å²) in [4.78, 5) is 17.1. The molecule has 2 aromatic heterocycles. The highest BCUT2D eigenvalue weighted by atomic mass is 19.3. The van der Waals surface area contributed by atoms with Gasteiger partial charge in [-0.05, 0) is 12.5 Å². The fourth-order valence-corrected chi connectivity index (χ4v) is 3.70. The molecule has 1 aliphatic heterocycles. The average Bonchev–Trinajstić information content (AvgIpc) is 3.12. The number of aromatic nitrogens is 5. The van der Waals surface area contributed by atoms with Crippen LogP contribution in [0.2, 0.25) is 0 Å². The predicted molar refractivity (Wildman–Crippen MR) is 101 cm³/mol. The number of alkyl halides is 2. The van der Waals surface area contributed by atoms with Crippen LogP contribution in [0.4, 0.5) is 20.2 Å². The molecule has 0 bridgehead atoms. The number of H-pyrrole nitrogens is 1. The Morgan fingerprint density at radius 3 is 2.93 bits per heavy atom. The summed E-state index contributed by atoms with van der Waals surface area (Å²) in [5, 5.41) is 14.5. The molecule has 1 aromatic carbocycles. The Morgan fingerprint density at radius 1 is 1.38 bits per heavy atom. The Kier molecular flexibility index (Phi) is 4.80. The van der Waals surface area contributed by atoms with Crippen LogP contribution < -0.4 is 10.5 Å². The van der Waals surface area contributed by atoms with E-state index in [0.717, 1.165) is 5.69 Å². The van der Waals surface area contributed by atoms with E-state index in [1.807, 2.05) is 11.8 Å². The second-order valence-electron chi connectivity index (χ2n) is 6.74. The molecular weight excluding hydrogens is 380 g/mol. The maximum Gasteiger partial charge on any atom is 0.275 e. The monoisotopic (exact) mass is 397 g/mol. The number of halogens is 2. The summed E-state index contributed by atoms with van der Waals surface area (Å²) in [6.07, 6.45) is -0.552.